The van der Waals surface area contributed by atoms with Crippen LogP contribution in [0.4, 0.5) is 11.4 Å². The molecule has 0 aliphatic rings. The van der Waals surface area contributed by atoms with Crippen LogP contribution in [-0.2, 0) is 0 Å². The standard InChI is InChI=1S/C18H20N4O3S/c1-12(2)25-15-10-8-14(9-11-15)13(3)20-21-18(26)19-16-6-4-5-7-17(16)22(23)24/h4-12H,1-3H3,(H2,19,21,26)/b20-13-. The minimum absolute atomic E-state index is 0.0573. The summed E-state index contributed by atoms with van der Waals surface area (Å²) >= 11 is 5.15. The zero-order valence-electron chi connectivity index (χ0n) is 14.7. The van der Waals surface area contributed by atoms with Crippen LogP contribution in [0.25, 0.3) is 0 Å². The maximum Gasteiger partial charge on any atom is 0.292 e. The fourth-order valence-electron chi connectivity index (χ4n) is 2.13. The number of ether oxygens (including phenoxy) is 1. The van der Waals surface area contributed by atoms with Crippen molar-refractivity contribution in [2.24, 2.45) is 5.10 Å². The molecule has 8 heteroatoms. The largest absolute Gasteiger partial charge is 0.491 e. The van der Waals surface area contributed by atoms with Gasteiger partial charge in [-0.3, -0.25) is 15.5 Å². The van der Waals surface area contributed by atoms with Crippen molar-refractivity contribution < 1.29 is 9.66 Å². The molecule has 0 bridgehead atoms. The van der Waals surface area contributed by atoms with E-state index >= 15 is 0 Å². The monoisotopic (exact) mass is 372 g/mol. The second-order valence-electron chi connectivity index (χ2n) is 5.73. The minimum Gasteiger partial charge on any atom is -0.491 e. The first-order valence-corrected chi connectivity index (χ1v) is 8.39. The number of nitrogens with one attached hydrogen (secondary N) is 2. The summed E-state index contributed by atoms with van der Waals surface area (Å²) < 4.78 is 5.60. The number of nitro groups is 1. The van der Waals surface area contributed by atoms with Crippen molar-refractivity contribution in [3.05, 3.63) is 64.2 Å². The average molecular weight is 372 g/mol. The summed E-state index contributed by atoms with van der Waals surface area (Å²) in [7, 11) is 0. The molecule has 2 N–H and O–H groups in total. The van der Waals surface area contributed by atoms with Gasteiger partial charge >= 0.3 is 0 Å². The predicted molar refractivity (Wildman–Crippen MR) is 107 cm³/mol. The number of nitrogens with zero attached hydrogens (tertiary/aromatic N) is 2. The summed E-state index contributed by atoms with van der Waals surface area (Å²) in [5, 5.41) is 18.2. The predicted octanol–water partition coefficient (Wildman–Crippen LogP) is 4.09. The first-order valence-electron chi connectivity index (χ1n) is 7.98. The molecule has 0 aromatic heterocycles. The van der Waals surface area contributed by atoms with E-state index in [4.69, 9.17) is 17.0 Å². The highest BCUT2D eigenvalue weighted by molar-refractivity contribution is 7.80. The molecule has 0 saturated carbocycles. The molecule has 7 nitrogen and oxygen atoms in total. The van der Waals surface area contributed by atoms with Crippen LogP contribution in [0.2, 0.25) is 0 Å². The van der Waals surface area contributed by atoms with Gasteiger partial charge in [-0.25, -0.2) is 0 Å². The van der Waals surface area contributed by atoms with Crippen LogP contribution >= 0.6 is 12.2 Å². The lowest BCUT2D eigenvalue weighted by molar-refractivity contribution is -0.383. The Morgan fingerprint density at radius 1 is 1.19 bits per heavy atom. The van der Waals surface area contributed by atoms with E-state index in [0.717, 1.165) is 11.3 Å². The van der Waals surface area contributed by atoms with E-state index in [1.54, 1.807) is 18.2 Å². The molecule has 0 fully saturated rings. The van der Waals surface area contributed by atoms with Gasteiger partial charge in [0.2, 0.25) is 0 Å². The molecule has 2 aromatic rings. The number of anilines is 1. The number of hydrogen-bond donors (Lipinski definition) is 2. The summed E-state index contributed by atoms with van der Waals surface area (Å²) in [6.45, 7) is 5.77. The van der Waals surface area contributed by atoms with Gasteiger partial charge in [-0.05, 0) is 68.9 Å². The molecule has 136 valence electrons. The lowest BCUT2D eigenvalue weighted by Crippen LogP contribution is -2.25. The molecule has 0 radical (unpaired) electrons. The lowest BCUT2D eigenvalue weighted by atomic mass is 10.1. The molecule has 0 aliphatic heterocycles. The van der Waals surface area contributed by atoms with E-state index in [1.807, 2.05) is 45.0 Å². The van der Waals surface area contributed by atoms with Gasteiger partial charge in [-0.1, -0.05) is 12.1 Å². The smallest absolute Gasteiger partial charge is 0.292 e. The van der Waals surface area contributed by atoms with Crippen molar-refractivity contribution in [3.63, 3.8) is 0 Å². The minimum atomic E-state index is -0.472. The highest BCUT2D eigenvalue weighted by Gasteiger charge is 2.13. The van der Waals surface area contributed by atoms with Crippen molar-refractivity contribution in [3.8, 4) is 5.75 Å². The molecular formula is C18H20N4O3S. The van der Waals surface area contributed by atoms with Crippen molar-refractivity contribution in [2.45, 2.75) is 26.9 Å². The van der Waals surface area contributed by atoms with Gasteiger partial charge in [0.25, 0.3) is 5.69 Å². The normalized spacial score (nSPS) is 11.2. The maximum absolute atomic E-state index is 11.0. The van der Waals surface area contributed by atoms with Crippen molar-refractivity contribution >= 4 is 34.4 Å². The third kappa shape index (κ3) is 5.52. The van der Waals surface area contributed by atoms with E-state index in [0.29, 0.717) is 11.4 Å². The number of benzene rings is 2. The van der Waals surface area contributed by atoms with Crippen LogP contribution in [0.1, 0.15) is 26.3 Å². The number of para-hydroxylation sites is 2. The van der Waals surface area contributed by atoms with Crippen LogP contribution < -0.4 is 15.5 Å². The maximum atomic E-state index is 11.0. The van der Waals surface area contributed by atoms with E-state index in [-0.39, 0.29) is 16.9 Å². The Balaban J connectivity index is 2.00. The summed E-state index contributed by atoms with van der Waals surface area (Å²) in [6.07, 6.45) is 0.114. The third-order valence-electron chi connectivity index (χ3n) is 3.32. The fourth-order valence-corrected chi connectivity index (χ4v) is 2.29. The second kappa shape index (κ2) is 8.91. The Morgan fingerprint density at radius 3 is 2.46 bits per heavy atom. The highest BCUT2D eigenvalue weighted by atomic mass is 32.1. The topological polar surface area (TPSA) is 88.8 Å². The molecule has 0 atom stereocenters. The Morgan fingerprint density at radius 2 is 1.85 bits per heavy atom. The second-order valence-corrected chi connectivity index (χ2v) is 6.14. The fraction of sp³-hybridized carbons (Fsp3) is 0.222. The van der Waals surface area contributed by atoms with E-state index < -0.39 is 4.92 Å². The molecule has 0 aliphatic carbocycles. The van der Waals surface area contributed by atoms with Gasteiger partial charge in [0, 0.05) is 6.07 Å². The SMILES string of the molecule is C/C(=N/NC(=S)Nc1ccccc1[N+](=O)[O-])c1ccc(OC(C)C)cc1. The van der Waals surface area contributed by atoms with Crippen LogP contribution in [0, 0.1) is 10.1 Å². The lowest BCUT2D eigenvalue weighted by Gasteiger charge is -2.10. The van der Waals surface area contributed by atoms with Crippen molar-refractivity contribution in [2.75, 3.05) is 5.32 Å². The summed E-state index contributed by atoms with van der Waals surface area (Å²) in [6, 6.07) is 13.8. The molecule has 2 rings (SSSR count). The molecule has 0 heterocycles. The number of hydrogen-bond acceptors (Lipinski definition) is 5. The van der Waals surface area contributed by atoms with Crippen LogP contribution in [-0.4, -0.2) is 21.9 Å². The summed E-state index contributed by atoms with van der Waals surface area (Å²) in [5.74, 6) is 0.790. The average Bonchev–Trinajstić information content (AvgIpc) is 2.60. The summed E-state index contributed by atoms with van der Waals surface area (Å²) in [5.41, 5.74) is 4.56. The number of thiocarbonyl (C=S) groups is 1. The molecule has 0 amide bonds. The Kier molecular flexibility index (Phi) is 6.62. The summed E-state index contributed by atoms with van der Waals surface area (Å²) in [4.78, 5) is 10.5. The number of hydrazone groups is 1. The van der Waals surface area contributed by atoms with Gasteiger partial charge in [0.1, 0.15) is 11.4 Å². The zero-order chi connectivity index (χ0) is 19.1. The zero-order valence-corrected chi connectivity index (χ0v) is 15.5. The van der Waals surface area contributed by atoms with Gasteiger partial charge in [0.15, 0.2) is 5.11 Å². The van der Waals surface area contributed by atoms with Crippen molar-refractivity contribution in [1.29, 1.82) is 0 Å². The van der Waals surface area contributed by atoms with Crippen molar-refractivity contribution in [1.82, 2.24) is 5.43 Å². The van der Waals surface area contributed by atoms with Crippen LogP contribution in [0.5, 0.6) is 5.75 Å². The molecule has 0 saturated heterocycles. The molecule has 0 unspecified atom stereocenters. The Labute approximate surface area is 157 Å². The first kappa shape index (κ1) is 19.3. The van der Waals surface area contributed by atoms with Gasteiger partial charge in [-0.2, -0.15) is 5.10 Å². The Hall–Kier alpha value is -3.00. The number of nitro benzene ring substituents is 1. The van der Waals surface area contributed by atoms with E-state index in [1.165, 1.54) is 6.07 Å². The molecule has 0 spiro atoms. The Bertz CT molecular complexity index is 819. The highest BCUT2D eigenvalue weighted by Crippen LogP contribution is 2.22. The molecular weight excluding hydrogens is 352 g/mol. The van der Waals surface area contributed by atoms with E-state index in [9.17, 15) is 10.1 Å². The first-order chi connectivity index (χ1) is 12.4. The number of rotatable bonds is 6. The molecule has 26 heavy (non-hydrogen) atoms. The van der Waals surface area contributed by atoms with Gasteiger partial charge in [0.05, 0.1) is 16.7 Å². The van der Waals surface area contributed by atoms with E-state index in [2.05, 4.69) is 15.8 Å². The quantitative estimate of drug-likeness (QED) is 0.344. The van der Waals surface area contributed by atoms with Crippen LogP contribution in [0.3, 0.4) is 0 Å². The van der Waals surface area contributed by atoms with Crippen LogP contribution in [0.15, 0.2) is 53.6 Å². The molecule has 2 aromatic carbocycles. The van der Waals surface area contributed by atoms with Gasteiger partial charge < -0.3 is 10.1 Å². The van der Waals surface area contributed by atoms with Gasteiger partial charge in [-0.15, -0.1) is 0 Å². The third-order valence-corrected chi connectivity index (χ3v) is 3.51.